The highest BCUT2D eigenvalue weighted by molar-refractivity contribution is 9.09. The van der Waals surface area contributed by atoms with E-state index in [4.69, 9.17) is 0 Å². The molecule has 0 nitrogen and oxygen atoms in total. The second-order valence-corrected chi connectivity index (χ2v) is 5.41. The van der Waals surface area contributed by atoms with Crippen molar-refractivity contribution < 1.29 is 13.2 Å². The Hall–Kier alpha value is 0.620. The summed E-state index contributed by atoms with van der Waals surface area (Å²) >= 11 is 3.46. The highest BCUT2D eigenvalue weighted by Crippen LogP contribution is 2.30. The van der Waals surface area contributed by atoms with Crippen molar-refractivity contribution in [3.63, 3.8) is 0 Å². The highest BCUT2D eigenvalue weighted by atomic mass is 79.9. The maximum atomic E-state index is 11.7. The fourth-order valence-electron chi connectivity index (χ4n) is 1.27. The number of thioether (sulfide) groups is 1. The standard InChI is InChI=1S/C10H18BrF3S/c11-8-6-4-2-1-3-5-7-9-15-10(12,13)14/h1-9H2. The fraction of sp³-hybridized carbons (Fsp3) is 1.00. The van der Waals surface area contributed by atoms with Crippen molar-refractivity contribution in [3.05, 3.63) is 0 Å². The minimum Gasteiger partial charge on any atom is -0.160 e. The fourth-order valence-corrected chi connectivity index (χ4v) is 2.24. The molecule has 0 spiro atoms. The van der Waals surface area contributed by atoms with Crippen LogP contribution in [-0.2, 0) is 0 Å². The van der Waals surface area contributed by atoms with Gasteiger partial charge in [0.1, 0.15) is 0 Å². The van der Waals surface area contributed by atoms with E-state index in [-0.39, 0.29) is 17.5 Å². The number of hydrogen-bond donors (Lipinski definition) is 0. The van der Waals surface area contributed by atoms with E-state index < -0.39 is 5.51 Å². The third-order valence-electron chi connectivity index (χ3n) is 2.04. The number of rotatable bonds is 9. The van der Waals surface area contributed by atoms with Gasteiger partial charge in [0.25, 0.3) is 0 Å². The van der Waals surface area contributed by atoms with Crippen molar-refractivity contribution in [1.29, 1.82) is 0 Å². The van der Waals surface area contributed by atoms with Gasteiger partial charge in [0.15, 0.2) is 0 Å². The second-order valence-electron chi connectivity index (χ2n) is 3.46. The van der Waals surface area contributed by atoms with Gasteiger partial charge < -0.3 is 0 Å². The summed E-state index contributed by atoms with van der Waals surface area (Å²) in [4.78, 5) is 0. The maximum absolute atomic E-state index is 11.7. The summed E-state index contributed by atoms with van der Waals surface area (Å²) in [6.07, 6.45) is 7.47. The first-order valence-electron chi connectivity index (χ1n) is 5.33. The Balaban J connectivity index is 2.99. The molecule has 0 rings (SSSR count). The van der Waals surface area contributed by atoms with Crippen molar-refractivity contribution in [2.75, 3.05) is 11.1 Å². The van der Waals surface area contributed by atoms with Gasteiger partial charge in [-0.25, -0.2) is 0 Å². The summed E-state index contributed by atoms with van der Waals surface area (Å²) in [5.74, 6) is 0.213. The van der Waals surface area contributed by atoms with Crippen molar-refractivity contribution in [2.45, 2.75) is 50.5 Å². The van der Waals surface area contributed by atoms with E-state index in [1.54, 1.807) is 0 Å². The first-order chi connectivity index (χ1) is 7.06. The van der Waals surface area contributed by atoms with Crippen LogP contribution in [0, 0.1) is 0 Å². The highest BCUT2D eigenvalue weighted by Gasteiger charge is 2.27. The average Bonchev–Trinajstić information content (AvgIpc) is 2.14. The summed E-state index contributed by atoms with van der Waals surface area (Å²) in [6, 6.07) is 0. The van der Waals surface area contributed by atoms with Gasteiger partial charge in [-0.05, 0) is 12.8 Å². The van der Waals surface area contributed by atoms with E-state index in [1.807, 2.05) is 0 Å². The number of hydrogen-bond acceptors (Lipinski definition) is 1. The molecule has 0 unspecified atom stereocenters. The van der Waals surface area contributed by atoms with E-state index in [0.717, 1.165) is 24.6 Å². The normalized spacial score (nSPS) is 12.0. The number of halogens is 4. The SMILES string of the molecule is FC(F)(F)SCCCCCCCCCBr. The molecule has 0 atom stereocenters. The molecule has 0 amide bonds. The lowest BCUT2D eigenvalue weighted by molar-refractivity contribution is -0.0328. The van der Waals surface area contributed by atoms with Crippen LogP contribution in [0.1, 0.15) is 44.9 Å². The Kier molecular flexibility index (Phi) is 10.2. The molecule has 0 aromatic carbocycles. The summed E-state index contributed by atoms with van der Waals surface area (Å²) in [5, 5.41) is 1.05. The largest absolute Gasteiger partial charge is 0.441 e. The van der Waals surface area contributed by atoms with Gasteiger partial charge >= 0.3 is 5.51 Å². The van der Waals surface area contributed by atoms with Crippen molar-refractivity contribution in [2.24, 2.45) is 0 Å². The Morgan fingerprint density at radius 2 is 1.27 bits per heavy atom. The topological polar surface area (TPSA) is 0 Å². The van der Waals surface area contributed by atoms with Crippen LogP contribution < -0.4 is 0 Å². The first-order valence-corrected chi connectivity index (χ1v) is 7.43. The van der Waals surface area contributed by atoms with E-state index >= 15 is 0 Å². The van der Waals surface area contributed by atoms with Crippen LogP contribution in [0.5, 0.6) is 0 Å². The van der Waals surface area contributed by atoms with E-state index in [1.165, 1.54) is 19.3 Å². The molecule has 0 radical (unpaired) electrons. The van der Waals surface area contributed by atoms with Crippen LogP contribution in [0.3, 0.4) is 0 Å². The predicted molar refractivity (Wildman–Crippen MR) is 64.6 cm³/mol. The van der Waals surface area contributed by atoms with Crippen molar-refractivity contribution >= 4 is 27.7 Å². The predicted octanol–water partition coefficient (Wildman–Crippen LogP) is 5.37. The summed E-state index contributed by atoms with van der Waals surface area (Å²) in [5.41, 5.74) is -4.05. The average molecular weight is 307 g/mol. The molecule has 5 heteroatoms. The first kappa shape index (κ1) is 15.6. The smallest absolute Gasteiger partial charge is 0.160 e. The second kappa shape index (κ2) is 9.82. The molecule has 15 heavy (non-hydrogen) atoms. The van der Waals surface area contributed by atoms with Crippen LogP contribution in [0.25, 0.3) is 0 Å². The van der Waals surface area contributed by atoms with Gasteiger partial charge in [-0.15, -0.1) is 0 Å². The zero-order valence-electron chi connectivity index (χ0n) is 8.78. The zero-order chi connectivity index (χ0) is 11.6. The molecule has 0 aliphatic carbocycles. The Labute approximate surface area is 103 Å². The maximum Gasteiger partial charge on any atom is 0.441 e. The Morgan fingerprint density at radius 1 is 0.800 bits per heavy atom. The molecule has 0 aliphatic rings. The molecule has 0 aromatic heterocycles. The van der Waals surface area contributed by atoms with E-state index in [9.17, 15) is 13.2 Å². The lowest BCUT2D eigenvalue weighted by Gasteiger charge is -2.04. The minimum atomic E-state index is -4.05. The van der Waals surface area contributed by atoms with Crippen LogP contribution in [0.2, 0.25) is 0 Å². The zero-order valence-corrected chi connectivity index (χ0v) is 11.2. The van der Waals surface area contributed by atoms with Gasteiger partial charge in [-0.2, -0.15) is 13.2 Å². The van der Waals surface area contributed by atoms with Gasteiger partial charge in [-0.1, -0.05) is 59.8 Å². The van der Waals surface area contributed by atoms with Crippen LogP contribution in [-0.4, -0.2) is 16.6 Å². The third kappa shape index (κ3) is 14.6. The third-order valence-corrected chi connectivity index (χ3v) is 3.42. The molecule has 0 saturated carbocycles. The summed E-state index contributed by atoms with van der Waals surface area (Å²) in [6.45, 7) is 0. The lowest BCUT2D eigenvalue weighted by atomic mass is 10.1. The van der Waals surface area contributed by atoms with Crippen molar-refractivity contribution in [1.82, 2.24) is 0 Å². The monoisotopic (exact) mass is 306 g/mol. The summed E-state index contributed by atoms with van der Waals surface area (Å²) < 4.78 is 35.2. The molecule has 92 valence electrons. The molecule has 0 aliphatic heterocycles. The van der Waals surface area contributed by atoms with Crippen molar-refractivity contribution in [3.8, 4) is 0 Å². The Bertz CT molecular complexity index is 139. The van der Waals surface area contributed by atoms with Crippen LogP contribution >= 0.6 is 27.7 Å². The quantitative estimate of drug-likeness (QED) is 0.408. The molecular formula is C10H18BrF3S. The number of unbranched alkanes of at least 4 members (excludes halogenated alkanes) is 6. The summed E-state index contributed by atoms with van der Waals surface area (Å²) in [7, 11) is 0. The lowest BCUT2D eigenvalue weighted by Crippen LogP contribution is -2.01. The Morgan fingerprint density at radius 3 is 1.73 bits per heavy atom. The van der Waals surface area contributed by atoms with Gasteiger partial charge in [-0.3, -0.25) is 0 Å². The molecule has 0 saturated heterocycles. The minimum absolute atomic E-state index is 0.0993. The molecule has 0 aromatic rings. The van der Waals surface area contributed by atoms with Gasteiger partial charge in [0.05, 0.1) is 0 Å². The van der Waals surface area contributed by atoms with Gasteiger partial charge in [0.2, 0.25) is 0 Å². The van der Waals surface area contributed by atoms with Crippen LogP contribution in [0.15, 0.2) is 0 Å². The molecule has 0 bridgehead atoms. The van der Waals surface area contributed by atoms with Crippen LogP contribution in [0.4, 0.5) is 13.2 Å². The van der Waals surface area contributed by atoms with Gasteiger partial charge in [0, 0.05) is 11.1 Å². The van der Waals surface area contributed by atoms with E-state index in [2.05, 4.69) is 15.9 Å². The molecule has 0 N–H and O–H groups in total. The molecule has 0 fully saturated rings. The molecule has 0 heterocycles. The number of alkyl halides is 4. The van der Waals surface area contributed by atoms with E-state index in [0.29, 0.717) is 6.42 Å². The molecular weight excluding hydrogens is 289 g/mol.